The predicted octanol–water partition coefficient (Wildman–Crippen LogP) is 1.57. The molecule has 0 aromatic carbocycles. The molecule has 0 aromatic rings. The van der Waals surface area contributed by atoms with E-state index in [2.05, 4.69) is 36.4 Å². The predicted molar refractivity (Wildman–Crippen MR) is 64.5 cm³/mol. The maximum absolute atomic E-state index is 11.8. The Morgan fingerprint density at radius 2 is 2.00 bits per heavy atom. The van der Waals surface area contributed by atoms with Gasteiger partial charge < -0.3 is 10.0 Å². The first-order chi connectivity index (χ1) is 6.38. The lowest BCUT2D eigenvalue weighted by Crippen LogP contribution is -2.41. The molecule has 1 amide bonds. The first kappa shape index (κ1) is 12.2. The fourth-order valence-corrected chi connectivity index (χ4v) is 1.91. The average molecular weight is 311 g/mol. The Labute approximate surface area is 99.0 Å². The summed E-state index contributed by atoms with van der Waals surface area (Å²) < 4.78 is 0.0326. The zero-order valence-electron chi connectivity index (χ0n) is 8.79. The molecule has 82 valence electrons. The van der Waals surface area contributed by atoms with Crippen LogP contribution < -0.4 is 0 Å². The highest BCUT2D eigenvalue weighted by Crippen LogP contribution is 2.23. The number of likely N-dealkylation sites (tertiary alicyclic amines) is 1. The van der Waals surface area contributed by atoms with Crippen LogP contribution in [0.2, 0.25) is 0 Å². The molecule has 0 spiro atoms. The highest BCUT2D eigenvalue weighted by Gasteiger charge is 2.25. The molecule has 1 saturated heterocycles. The van der Waals surface area contributed by atoms with Crippen LogP contribution in [-0.2, 0) is 4.79 Å². The van der Waals surface area contributed by atoms with Gasteiger partial charge in [0.2, 0.25) is 5.91 Å². The standard InChI is InChI=1S/C10H18INO2/c1-10(2,11)7-9(14)12-5-3-8(13)4-6-12/h8,13H,3-7H2,1-2H3. The van der Waals surface area contributed by atoms with Crippen molar-refractivity contribution in [2.45, 2.75) is 42.6 Å². The minimum absolute atomic E-state index is 0.0326. The van der Waals surface area contributed by atoms with Gasteiger partial charge in [0.05, 0.1) is 6.10 Å². The van der Waals surface area contributed by atoms with E-state index in [1.165, 1.54) is 0 Å². The average Bonchev–Trinajstić information content (AvgIpc) is 2.02. The lowest BCUT2D eigenvalue weighted by atomic mass is 10.1. The summed E-state index contributed by atoms with van der Waals surface area (Å²) in [5.74, 6) is 0.219. The van der Waals surface area contributed by atoms with E-state index in [0.29, 0.717) is 19.5 Å². The molecule has 0 radical (unpaired) electrons. The van der Waals surface area contributed by atoms with E-state index < -0.39 is 0 Å². The molecule has 0 aliphatic carbocycles. The lowest BCUT2D eigenvalue weighted by Gasteiger charge is -2.31. The largest absolute Gasteiger partial charge is 0.393 e. The first-order valence-corrected chi connectivity index (χ1v) is 6.11. The van der Waals surface area contributed by atoms with E-state index in [9.17, 15) is 9.90 Å². The first-order valence-electron chi connectivity index (χ1n) is 5.03. The van der Waals surface area contributed by atoms with Gasteiger partial charge in [-0.1, -0.05) is 36.4 Å². The maximum Gasteiger partial charge on any atom is 0.223 e. The molecule has 0 bridgehead atoms. The van der Waals surface area contributed by atoms with Crippen LogP contribution in [0.5, 0.6) is 0 Å². The third-order valence-electron chi connectivity index (χ3n) is 2.39. The molecule has 1 fully saturated rings. The SMILES string of the molecule is CC(C)(I)CC(=O)N1CCC(O)CC1. The Kier molecular flexibility index (Phi) is 4.18. The normalized spacial score (nSPS) is 19.9. The van der Waals surface area contributed by atoms with E-state index in [0.717, 1.165) is 12.8 Å². The summed E-state index contributed by atoms with van der Waals surface area (Å²) in [5, 5.41) is 9.30. The van der Waals surface area contributed by atoms with Crippen molar-refractivity contribution in [2.24, 2.45) is 0 Å². The van der Waals surface area contributed by atoms with Crippen LogP contribution in [0.3, 0.4) is 0 Å². The maximum atomic E-state index is 11.8. The van der Waals surface area contributed by atoms with Crippen molar-refractivity contribution in [1.82, 2.24) is 4.90 Å². The number of aliphatic hydroxyl groups excluding tert-OH is 1. The summed E-state index contributed by atoms with van der Waals surface area (Å²) >= 11 is 2.30. The molecule has 0 aromatic heterocycles. The molecule has 0 unspecified atom stereocenters. The number of nitrogens with zero attached hydrogens (tertiary/aromatic N) is 1. The zero-order valence-corrected chi connectivity index (χ0v) is 11.0. The number of piperidine rings is 1. The van der Waals surface area contributed by atoms with Gasteiger partial charge in [-0.2, -0.15) is 0 Å². The number of carbonyl (C=O) groups excluding carboxylic acids is 1. The zero-order chi connectivity index (χ0) is 10.8. The molecule has 0 saturated carbocycles. The summed E-state index contributed by atoms with van der Waals surface area (Å²) in [6.07, 6.45) is 1.84. The number of hydrogen-bond acceptors (Lipinski definition) is 2. The Balaban J connectivity index is 2.38. The Morgan fingerprint density at radius 3 is 2.43 bits per heavy atom. The minimum Gasteiger partial charge on any atom is -0.393 e. The minimum atomic E-state index is -0.202. The lowest BCUT2D eigenvalue weighted by molar-refractivity contribution is -0.133. The molecule has 1 N–H and O–H groups in total. The van der Waals surface area contributed by atoms with Crippen LogP contribution in [-0.4, -0.2) is 38.5 Å². The smallest absolute Gasteiger partial charge is 0.223 e. The van der Waals surface area contributed by atoms with Gasteiger partial charge in [0.1, 0.15) is 0 Å². The second-order valence-electron chi connectivity index (χ2n) is 4.51. The van der Waals surface area contributed by atoms with Gasteiger partial charge in [-0.15, -0.1) is 0 Å². The molecule has 1 aliphatic rings. The van der Waals surface area contributed by atoms with E-state index >= 15 is 0 Å². The Hall–Kier alpha value is 0.160. The second-order valence-corrected chi connectivity index (χ2v) is 7.43. The number of halogens is 1. The van der Waals surface area contributed by atoms with Crippen molar-refractivity contribution < 1.29 is 9.90 Å². The molecule has 4 heteroatoms. The molecular formula is C10H18INO2. The van der Waals surface area contributed by atoms with Crippen LogP contribution in [0.1, 0.15) is 33.1 Å². The monoisotopic (exact) mass is 311 g/mol. The molecule has 1 heterocycles. The molecule has 14 heavy (non-hydrogen) atoms. The fourth-order valence-electron chi connectivity index (χ4n) is 1.59. The topological polar surface area (TPSA) is 40.5 Å². The van der Waals surface area contributed by atoms with Gasteiger partial charge in [0, 0.05) is 22.9 Å². The summed E-state index contributed by atoms with van der Waals surface area (Å²) in [5.41, 5.74) is 0. The second kappa shape index (κ2) is 4.79. The molecule has 0 atom stereocenters. The van der Waals surface area contributed by atoms with Crippen LogP contribution in [0.4, 0.5) is 0 Å². The van der Waals surface area contributed by atoms with Crippen molar-refractivity contribution in [3.8, 4) is 0 Å². The van der Waals surface area contributed by atoms with E-state index in [-0.39, 0.29) is 15.4 Å². The summed E-state index contributed by atoms with van der Waals surface area (Å²) in [6.45, 7) is 5.55. The molecule has 3 nitrogen and oxygen atoms in total. The third kappa shape index (κ3) is 4.13. The van der Waals surface area contributed by atoms with E-state index in [1.807, 2.05) is 4.90 Å². The number of rotatable bonds is 2. The summed E-state index contributed by atoms with van der Waals surface area (Å²) in [7, 11) is 0. The van der Waals surface area contributed by atoms with Crippen molar-refractivity contribution >= 4 is 28.5 Å². The highest BCUT2D eigenvalue weighted by atomic mass is 127. The van der Waals surface area contributed by atoms with Gasteiger partial charge in [0.25, 0.3) is 0 Å². The quantitative estimate of drug-likeness (QED) is 0.621. The van der Waals surface area contributed by atoms with E-state index in [1.54, 1.807) is 0 Å². The number of hydrogen-bond donors (Lipinski definition) is 1. The summed E-state index contributed by atoms with van der Waals surface area (Å²) in [4.78, 5) is 13.6. The van der Waals surface area contributed by atoms with Gasteiger partial charge in [-0.25, -0.2) is 0 Å². The summed E-state index contributed by atoms with van der Waals surface area (Å²) in [6, 6.07) is 0. The Bertz CT molecular complexity index is 205. The van der Waals surface area contributed by atoms with Crippen molar-refractivity contribution in [2.75, 3.05) is 13.1 Å². The van der Waals surface area contributed by atoms with Crippen LogP contribution in [0, 0.1) is 0 Å². The van der Waals surface area contributed by atoms with Gasteiger partial charge in [-0.05, 0) is 12.8 Å². The van der Waals surface area contributed by atoms with Crippen molar-refractivity contribution in [3.63, 3.8) is 0 Å². The van der Waals surface area contributed by atoms with Crippen LogP contribution in [0.15, 0.2) is 0 Å². The Morgan fingerprint density at radius 1 is 1.50 bits per heavy atom. The van der Waals surface area contributed by atoms with Crippen molar-refractivity contribution in [3.05, 3.63) is 0 Å². The molecule has 1 aliphatic heterocycles. The number of aliphatic hydroxyl groups is 1. The third-order valence-corrected chi connectivity index (χ3v) is 2.77. The number of alkyl halides is 1. The van der Waals surface area contributed by atoms with E-state index in [4.69, 9.17) is 0 Å². The van der Waals surface area contributed by atoms with Gasteiger partial charge >= 0.3 is 0 Å². The van der Waals surface area contributed by atoms with Crippen LogP contribution >= 0.6 is 22.6 Å². The number of carbonyl (C=O) groups is 1. The van der Waals surface area contributed by atoms with Crippen molar-refractivity contribution in [1.29, 1.82) is 0 Å². The molecule has 1 rings (SSSR count). The van der Waals surface area contributed by atoms with Gasteiger partial charge in [0.15, 0.2) is 0 Å². The van der Waals surface area contributed by atoms with Crippen LogP contribution in [0.25, 0.3) is 0 Å². The highest BCUT2D eigenvalue weighted by molar-refractivity contribution is 14.1. The van der Waals surface area contributed by atoms with Gasteiger partial charge in [-0.3, -0.25) is 4.79 Å². The number of amides is 1. The molecular weight excluding hydrogens is 293 g/mol. The fraction of sp³-hybridized carbons (Fsp3) is 0.900.